The summed E-state index contributed by atoms with van der Waals surface area (Å²) in [6.45, 7) is 4.09. The van der Waals surface area contributed by atoms with Crippen LogP contribution in [0, 0.1) is 0 Å². The number of hydrogen-bond donors (Lipinski definition) is 1. The van der Waals surface area contributed by atoms with E-state index in [-0.39, 0.29) is 12.5 Å². The van der Waals surface area contributed by atoms with Crippen LogP contribution in [0.1, 0.15) is 33.1 Å². The van der Waals surface area contributed by atoms with E-state index in [2.05, 4.69) is 0 Å². The average molecular weight is 309 g/mol. The molecule has 0 spiro atoms. The molecule has 0 atom stereocenters. The maximum absolute atomic E-state index is 12.4. The first-order valence-corrected chi connectivity index (χ1v) is 6.41. The Kier molecular flexibility index (Phi) is 7.65. The van der Waals surface area contributed by atoms with E-state index in [1.165, 1.54) is 4.72 Å². The highest BCUT2D eigenvalue weighted by Crippen LogP contribution is 2.42. The molecule has 1 amide bonds. The molecule has 0 fully saturated rings. The van der Waals surface area contributed by atoms with E-state index in [0.717, 1.165) is 0 Å². The van der Waals surface area contributed by atoms with Crippen LogP contribution in [0.2, 0.25) is 0 Å². The number of amides is 1. The summed E-state index contributed by atoms with van der Waals surface area (Å²) in [6, 6.07) is 0. The summed E-state index contributed by atoms with van der Waals surface area (Å²) in [5, 5.41) is -4.98. The summed E-state index contributed by atoms with van der Waals surface area (Å²) < 4.78 is 66.8. The van der Waals surface area contributed by atoms with Gasteiger partial charge in [0.25, 0.3) is 0 Å². The average Bonchev–Trinajstić information content (AvgIpc) is 2.24. The van der Waals surface area contributed by atoms with Crippen molar-refractivity contribution in [2.24, 2.45) is 0 Å². The van der Waals surface area contributed by atoms with E-state index in [1.54, 1.807) is 0 Å². The monoisotopic (exact) mass is 309 g/mol. The fourth-order valence-corrected chi connectivity index (χ4v) is 1.40. The largest absolute Gasteiger partial charge is 0.465 e. The van der Waals surface area contributed by atoms with Crippen LogP contribution in [-0.2, 0) is 9.53 Å². The SMILES string of the molecule is CC(C)OCCCCC(=O)NSC(F)(F)C(F)(F)F. The second kappa shape index (κ2) is 7.88. The third kappa shape index (κ3) is 8.25. The van der Waals surface area contributed by atoms with E-state index in [4.69, 9.17) is 4.74 Å². The topological polar surface area (TPSA) is 38.3 Å². The standard InChI is InChI=1S/C10H16F5NO2S/c1-7(2)18-6-4-3-5-8(17)16-19-10(14,15)9(11,12)13/h7H,3-6H2,1-2H3,(H,16,17). The number of halogens is 5. The van der Waals surface area contributed by atoms with Crippen LogP contribution in [0.5, 0.6) is 0 Å². The van der Waals surface area contributed by atoms with Crippen molar-refractivity contribution < 1.29 is 31.5 Å². The highest BCUT2D eigenvalue weighted by atomic mass is 32.2. The smallest absolute Gasteiger partial charge is 0.379 e. The first kappa shape index (κ1) is 18.4. The zero-order valence-electron chi connectivity index (χ0n) is 10.5. The van der Waals surface area contributed by atoms with Gasteiger partial charge in [-0.25, -0.2) is 0 Å². The predicted octanol–water partition coefficient (Wildman–Crippen LogP) is 3.50. The van der Waals surface area contributed by atoms with Crippen molar-refractivity contribution in [3.05, 3.63) is 0 Å². The normalized spacial score (nSPS) is 12.8. The lowest BCUT2D eigenvalue weighted by atomic mass is 10.2. The van der Waals surface area contributed by atoms with Gasteiger partial charge in [-0.3, -0.25) is 9.52 Å². The number of rotatable bonds is 8. The van der Waals surface area contributed by atoms with Gasteiger partial charge in [-0.1, -0.05) is 0 Å². The van der Waals surface area contributed by atoms with Crippen molar-refractivity contribution in [2.75, 3.05) is 6.61 Å². The number of carbonyl (C=O) groups is 1. The van der Waals surface area contributed by atoms with Gasteiger partial charge < -0.3 is 4.74 Å². The van der Waals surface area contributed by atoms with Crippen LogP contribution >= 0.6 is 11.9 Å². The quantitative estimate of drug-likeness (QED) is 0.424. The second-order valence-electron chi connectivity index (χ2n) is 4.02. The number of hydrogen-bond acceptors (Lipinski definition) is 3. The number of nitrogens with one attached hydrogen (secondary N) is 1. The molecule has 0 saturated heterocycles. The zero-order chi connectivity index (χ0) is 15.1. The van der Waals surface area contributed by atoms with Gasteiger partial charge in [0.15, 0.2) is 0 Å². The number of ether oxygens (including phenoxy) is 1. The molecule has 3 nitrogen and oxygen atoms in total. The minimum absolute atomic E-state index is 0.0508. The molecule has 1 N–H and O–H groups in total. The third-order valence-corrected chi connectivity index (χ3v) is 2.69. The van der Waals surface area contributed by atoms with Crippen LogP contribution in [0.15, 0.2) is 0 Å². The molecule has 0 saturated carbocycles. The van der Waals surface area contributed by atoms with Crippen LogP contribution in [-0.4, -0.2) is 30.0 Å². The molecule has 0 aromatic rings. The van der Waals surface area contributed by atoms with E-state index in [9.17, 15) is 26.7 Å². The van der Waals surface area contributed by atoms with Crippen LogP contribution < -0.4 is 4.72 Å². The Morgan fingerprint density at radius 3 is 2.26 bits per heavy atom. The fraction of sp³-hybridized carbons (Fsp3) is 0.900. The first-order valence-electron chi connectivity index (χ1n) is 5.59. The van der Waals surface area contributed by atoms with Gasteiger partial charge in [0, 0.05) is 25.0 Å². The van der Waals surface area contributed by atoms with Crippen molar-refractivity contribution in [3.63, 3.8) is 0 Å². The summed E-state index contributed by atoms with van der Waals surface area (Å²) in [5.74, 6) is -0.863. The summed E-state index contributed by atoms with van der Waals surface area (Å²) in [7, 11) is 0. The molecule has 0 heterocycles. The predicted molar refractivity (Wildman–Crippen MR) is 61.7 cm³/mol. The van der Waals surface area contributed by atoms with Gasteiger partial charge in [0.2, 0.25) is 5.91 Å². The summed E-state index contributed by atoms with van der Waals surface area (Å²) in [5.41, 5.74) is 0. The Bertz CT molecular complexity index is 284. The van der Waals surface area contributed by atoms with Gasteiger partial charge in [-0.2, -0.15) is 22.0 Å². The van der Waals surface area contributed by atoms with Gasteiger partial charge in [-0.05, 0) is 26.7 Å². The number of carbonyl (C=O) groups excluding carboxylic acids is 1. The van der Waals surface area contributed by atoms with Crippen molar-refractivity contribution in [1.29, 1.82) is 0 Å². The summed E-state index contributed by atoms with van der Waals surface area (Å²) in [4.78, 5) is 11.0. The maximum Gasteiger partial charge on any atom is 0.465 e. The molecular formula is C10H16F5NO2S. The van der Waals surface area contributed by atoms with Crippen molar-refractivity contribution in [1.82, 2.24) is 4.72 Å². The molecule has 0 aromatic heterocycles. The Labute approximate surface area is 112 Å². The van der Waals surface area contributed by atoms with E-state index in [0.29, 0.717) is 19.4 Å². The lowest BCUT2D eigenvalue weighted by molar-refractivity contribution is -0.237. The number of alkyl halides is 5. The first-order chi connectivity index (χ1) is 8.56. The highest BCUT2D eigenvalue weighted by Gasteiger charge is 2.59. The molecule has 0 bridgehead atoms. The van der Waals surface area contributed by atoms with Crippen LogP contribution in [0.3, 0.4) is 0 Å². The Morgan fingerprint density at radius 1 is 1.21 bits per heavy atom. The molecule has 0 aliphatic rings. The lowest BCUT2D eigenvalue weighted by Crippen LogP contribution is -2.36. The van der Waals surface area contributed by atoms with Crippen molar-refractivity contribution >= 4 is 17.9 Å². The fourth-order valence-electron chi connectivity index (χ4n) is 0.937. The molecule has 114 valence electrons. The molecule has 19 heavy (non-hydrogen) atoms. The third-order valence-electron chi connectivity index (χ3n) is 1.87. The molecule has 9 heteroatoms. The summed E-state index contributed by atoms with van der Waals surface area (Å²) >= 11 is -0.927. The minimum Gasteiger partial charge on any atom is -0.379 e. The minimum atomic E-state index is -5.68. The molecule has 0 unspecified atom stereocenters. The second-order valence-corrected chi connectivity index (χ2v) is 4.94. The molecule has 0 aliphatic heterocycles. The highest BCUT2D eigenvalue weighted by molar-refractivity contribution is 7.99. The van der Waals surface area contributed by atoms with E-state index in [1.807, 2.05) is 13.8 Å². The Balaban J connectivity index is 3.77. The molecular weight excluding hydrogens is 293 g/mol. The zero-order valence-corrected chi connectivity index (χ0v) is 11.3. The number of unbranched alkanes of at least 4 members (excludes halogenated alkanes) is 1. The maximum atomic E-state index is 12.4. The Morgan fingerprint density at radius 2 is 1.79 bits per heavy atom. The van der Waals surface area contributed by atoms with Crippen LogP contribution in [0.25, 0.3) is 0 Å². The summed E-state index contributed by atoms with van der Waals surface area (Å²) in [6.07, 6.45) is -4.86. The van der Waals surface area contributed by atoms with E-state index >= 15 is 0 Å². The molecule has 0 radical (unpaired) electrons. The molecule has 0 aliphatic carbocycles. The van der Waals surface area contributed by atoms with Gasteiger partial charge in [0.1, 0.15) is 0 Å². The Hall–Kier alpha value is -0.570. The van der Waals surface area contributed by atoms with E-state index < -0.39 is 29.3 Å². The molecule has 0 rings (SSSR count). The van der Waals surface area contributed by atoms with Gasteiger partial charge >= 0.3 is 11.4 Å². The van der Waals surface area contributed by atoms with Crippen molar-refractivity contribution in [2.45, 2.75) is 50.6 Å². The van der Waals surface area contributed by atoms with Gasteiger partial charge in [-0.15, -0.1) is 0 Å². The lowest BCUT2D eigenvalue weighted by Gasteiger charge is -2.18. The van der Waals surface area contributed by atoms with Crippen molar-refractivity contribution in [3.8, 4) is 0 Å². The van der Waals surface area contributed by atoms with Gasteiger partial charge in [0.05, 0.1) is 6.10 Å². The van der Waals surface area contributed by atoms with Crippen LogP contribution in [0.4, 0.5) is 22.0 Å². The molecule has 0 aromatic carbocycles.